The molecule has 2 aromatic heterocycles. The van der Waals surface area contributed by atoms with Gasteiger partial charge in [0.15, 0.2) is 11.4 Å². The molecule has 0 bridgehead atoms. The van der Waals surface area contributed by atoms with E-state index in [0.717, 1.165) is 44.8 Å². The van der Waals surface area contributed by atoms with Gasteiger partial charge in [-0.05, 0) is 80.1 Å². The number of nitrogens with zero attached hydrogens (tertiary/aromatic N) is 3. The van der Waals surface area contributed by atoms with Crippen LogP contribution in [0.25, 0.3) is 39.1 Å². The Morgan fingerprint density at radius 2 is 1.29 bits per heavy atom. The predicted octanol–water partition coefficient (Wildman–Crippen LogP) is 7.62. The van der Waals surface area contributed by atoms with Crippen molar-refractivity contribution in [1.82, 2.24) is 14.8 Å². The third-order valence-corrected chi connectivity index (χ3v) is 7.27. The summed E-state index contributed by atoms with van der Waals surface area (Å²) in [4.78, 5) is 19.8. The third kappa shape index (κ3) is 4.74. The summed E-state index contributed by atoms with van der Waals surface area (Å²) in [6.07, 6.45) is 0. The molecule has 6 rings (SSSR count). The molecule has 0 aliphatic carbocycles. The molecule has 2 heterocycles. The van der Waals surface area contributed by atoms with Crippen molar-refractivity contribution >= 4 is 16.8 Å². The maximum atomic E-state index is 14.6. The van der Waals surface area contributed by atoms with Crippen LogP contribution in [0.5, 0.6) is 11.5 Å². The van der Waals surface area contributed by atoms with Gasteiger partial charge in [-0.3, -0.25) is 4.79 Å². The van der Waals surface area contributed by atoms with Crippen LogP contribution in [0.2, 0.25) is 0 Å². The summed E-state index contributed by atoms with van der Waals surface area (Å²) in [5, 5.41) is 5.62. The van der Waals surface area contributed by atoms with Gasteiger partial charge in [0.05, 0.1) is 36.7 Å². The highest BCUT2D eigenvalue weighted by molar-refractivity contribution is 6.21. The Morgan fingerprint density at radius 1 is 0.707 bits per heavy atom. The molecule has 0 saturated heterocycles. The fraction of sp³-hybridized carbons (Fsp3) is 0.114. The Morgan fingerprint density at radius 3 is 1.90 bits per heavy atom. The quantitative estimate of drug-likeness (QED) is 0.195. The van der Waals surface area contributed by atoms with Crippen LogP contribution < -0.4 is 9.47 Å². The summed E-state index contributed by atoms with van der Waals surface area (Å²) >= 11 is 0. The van der Waals surface area contributed by atoms with E-state index in [4.69, 9.17) is 19.6 Å². The number of carbonyl (C=O) groups is 1. The third-order valence-electron chi connectivity index (χ3n) is 7.27. The van der Waals surface area contributed by atoms with Crippen molar-refractivity contribution < 1.29 is 14.3 Å². The maximum Gasteiger partial charge on any atom is 0.194 e. The largest absolute Gasteiger partial charge is 0.497 e. The minimum Gasteiger partial charge on any atom is -0.497 e. The zero-order valence-corrected chi connectivity index (χ0v) is 23.4. The molecule has 6 aromatic rings. The molecule has 0 atom stereocenters. The van der Waals surface area contributed by atoms with Gasteiger partial charge in [0, 0.05) is 22.3 Å². The van der Waals surface area contributed by atoms with E-state index in [1.165, 1.54) is 0 Å². The number of aryl methyl sites for hydroxylation is 2. The first-order valence-electron chi connectivity index (χ1n) is 13.4. The topological polar surface area (TPSA) is 66.2 Å². The number of rotatable bonds is 7. The highest BCUT2D eigenvalue weighted by atomic mass is 16.5. The molecule has 0 N–H and O–H groups in total. The summed E-state index contributed by atoms with van der Waals surface area (Å²) in [6, 6.07) is 33.1. The fourth-order valence-electron chi connectivity index (χ4n) is 5.14. The van der Waals surface area contributed by atoms with E-state index < -0.39 is 0 Å². The second kappa shape index (κ2) is 10.7. The van der Waals surface area contributed by atoms with Gasteiger partial charge in [0.1, 0.15) is 11.5 Å². The first kappa shape index (κ1) is 26.0. The molecular formula is C35H29N3O3. The van der Waals surface area contributed by atoms with Crippen molar-refractivity contribution in [3.05, 3.63) is 126 Å². The Balaban J connectivity index is 1.74. The van der Waals surface area contributed by atoms with Gasteiger partial charge in [0.25, 0.3) is 0 Å². The molecule has 0 fully saturated rings. The highest BCUT2D eigenvalue weighted by Crippen LogP contribution is 2.41. The Bertz CT molecular complexity index is 1860. The number of pyridine rings is 1. The van der Waals surface area contributed by atoms with Crippen molar-refractivity contribution in [1.29, 1.82) is 0 Å². The molecule has 0 amide bonds. The second-order valence-corrected chi connectivity index (χ2v) is 9.89. The maximum absolute atomic E-state index is 14.6. The van der Waals surface area contributed by atoms with E-state index in [1.807, 2.05) is 97.4 Å². The van der Waals surface area contributed by atoms with E-state index in [9.17, 15) is 4.79 Å². The number of ether oxygens (including phenoxy) is 2. The standard InChI is InChI=1S/C35H29N3O3/c1-22-10-12-24(13-11-22)31-32(34(39)26-16-20-29(41-4)21-17-26)30-23(2)37-38(27-8-6-5-7-9-27)35(30)36-33(31)25-14-18-28(40-3)19-15-25/h5-21H,1-4H3. The van der Waals surface area contributed by atoms with Crippen LogP contribution in [0.3, 0.4) is 0 Å². The lowest BCUT2D eigenvalue weighted by atomic mass is 9.88. The van der Waals surface area contributed by atoms with Crippen LogP contribution >= 0.6 is 0 Å². The summed E-state index contributed by atoms with van der Waals surface area (Å²) in [5.74, 6) is 1.32. The number of hydrogen-bond donors (Lipinski definition) is 0. The van der Waals surface area contributed by atoms with Crippen LogP contribution in [-0.2, 0) is 0 Å². The first-order chi connectivity index (χ1) is 20.0. The van der Waals surface area contributed by atoms with E-state index in [1.54, 1.807) is 26.4 Å². The smallest absolute Gasteiger partial charge is 0.194 e. The van der Waals surface area contributed by atoms with Crippen LogP contribution in [0.1, 0.15) is 27.2 Å². The van der Waals surface area contributed by atoms with E-state index in [0.29, 0.717) is 28.2 Å². The second-order valence-electron chi connectivity index (χ2n) is 9.89. The van der Waals surface area contributed by atoms with Crippen LogP contribution in [0.15, 0.2) is 103 Å². The molecule has 0 saturated carbocycles. The van der Waals surface area contributed by atoms with Crippen molar-refractivity contribution in [2.75, 3.05) is 14.2 Å². The number of ketones is 1. The molecule has 6 nitrogen and oxygen atoms in total. The normalized spacial score (nSPS) is 11.0. The van der Waals surface area contributed by atoms with Crippen molar-refractivity contribution in [2.45, 2.75) is 13.8 Å². The highest BCUT2D eigenvalue weighted by Gasteiger charge is 2.28. The monoisotopic (exact) mass is 539 g/mol. The predicted molar refractivity (Wildman–Crippen MR) is 162 cm³/mol. The Kier molecular flexibility index (Phi) is 6.81. The lowest BCUT2D eigenvalue weighted by Gasteiger charge is -2.17. The minimum absolute atomic E-state index is 0.110. The molecule has 41 heavy (non-hydrogen) atoms. The zero-order chi connectivity index (χ0) is 28.5. The van der Waals surface area contributed by atoms with E-state index in [2.05, 4.69) is 12.1 Å². The van der Waals surface area contributed by atoms with Gasteiger partial charge in [-0.25, -0.2) is 9.67 Å². The molecule has 4 aromatic carbocycles. The molecule has 0 aliphatic heterocycles. The van der Waals surface area contributed by atoms with Crippen molar-refractivity contribution in [2.24, 2.45) is 0 Å². The van der Waals surface area contributed by atoms with Crippen LogP contribution in [0.4, 0.5) is 0 Å². The molecule has 0 aliphatic rings. The van der Waals surface area contributed by atoms with Gasteiger partial charge in [-0.2, -0.15) is 5.10 Å². The molecule has 0 radical (unpaired) electrons. The lowest BCUT2D eigenvalue weighted by molar-refractivity contribution is 0.104. The van der Waals surface area contributed by atoms with E-state index in [-0.39, 0.29) is 5.78 Å². The number of fused-ring (bicyclic) bond motifs is 1. The molecule has 6 heteroatoms. The van der Waals surface area contributed by atoms with E-state index >= 15 is 0 Å². The fourth-order valence-corrected chi connectivity index (χ4v) is 5.14. The zero-order valence-electron chi connectivity index (χ0n) is 23.4. The average molecular weight is 540 g/mol. The van der Waals surface area contributed by atoms with Crippen LogP contribution in [0, 0.1) is 13.8 Å². The molecule has 202 valence electrons. The molecule has 0 spiro atoms. The number of aromatic nitrogens is 3. The Labute approximate surface area is 238 Å². The van der Waals surface area contributed by atoms with Crippen molar-refractivity contribution in [3.63, 3.8) is 0 Å². The number of carbonyl (C=O) groups excluding carboxylic acids is 1. The number of para-hydroxylation sites is 1. The van der Waals surface area contributed by atoms with Gasteiger partial charge in [0.2, 0.25) is 0 Å². The molecular weight excluding hydrogens is 510 g/mol. The summed E-state index contributed by atoms with van der Waals surface area (Å²) in [7, 11) is 3.26. The SMILES string of the molecule is COc1ccc(C(=O)c2c(-c3ccc(C)cc3)c(-c3ccc(OC)cc3)nc3c2c(C)nn3-c2ccccc2)cc1. The van der Waals surface area contributed by atoms with Crippen LogP contribution in [-0.4, -0.2) is 34.8 Å². The summed E-state index contributed by atoms with van der Waals surface area (Å²) < 4.78 is 12.6. The molecule has 0 unspecified atom stereocenters. The van der Waals surface area contributed by atoms with Gasteiger partial charge in [-0.15, -0.1) is 0 Å². The van der Waals surface area contributed by atoms with Gasteiger partial charge < -0.3 is 9.47 Å². The van der Waals surface area contributed by atoms with Gasteiger partial charge in [-0.1, -0.05) is 48.0 Å². The number of benzene rings is 4. The van der Waals surface area contributed by atoms with Crippen molar-refractivity contribution in [3.8, 4) is 39.6 Å². The minimum atomic E-state index is -0.110. The van der Waals surface area contributed by atoms with Gasteiger partial charge >= 0.3 is 0 Å². The first-order valence-corrected chi connectivity index (χ1v) is 13.4. The lowest BCUT2D eigenvalue weighted by Crippen LogP contribution is -2.09. The summed E-state index contributed by atoms with van der Waals surface area (Å²) in [5.41, 5.74) is 7.68. The Hall–Kier alpha value is -5.23. The average Bonchev–Trinajstić information content (AvgIpc) is 3.36. The number of methoxy groups -OCH3 is 2. The summed E-state index contributed by atoms with van der Waals surface area (Å²) in [6.45, 7) is 3.98. The number of hydrogen-bond acceptors (Lipinski definition) is 5.